The van der Waals surface area contributed by atoms with Crippen LogP contribution in [0, 0.1) is 5.82 Å². The van der Waals surface area contributed by atoms with Gasteiger partial charge in [-0.25, -0.2) is 4.39 Å². The predicted molar refractivity (Wildman–Crippen MR) is 126 cm³/mol. The second-order valence-electron chi connectivity index (χ2n) is 7.64. The van der Waals surface area contributed by atoms with Gasteiger partial charge in [0.05, 0.1) is 6.21 Å². The standard InChI is InChI=1S/C23H24ClFN4S/c24-21-12-18(25)11-10-16(21)14-29-15-17(20-8-4-5-9-22(20)29)13-26-28-23(30)27-19-6-2-1-3-7-19/h4-5,8-13,15,19H,1-3,6-7,14H2,(H2,27,28,30)/b26-13-. The molecule has 0 amide bonds. The fourth-order valence-electron chi connectivity index (χ4n) is 3.97. The summed E-state index contributed by atoms with van der Waals surface area (Å²) in [5.41, 5.74) is 5.82. The molecule has 1 fully saturated rings. The van der Waals surface area contributed by atoms with Crippen LogP contribution in [0.3, 0.4) is 0 Å². The first-order valence-electron chi connectivity index (χ1n) is 10.2. The molecule has 0 radical (unpaired) electrons. The van der Waals surface area contributed by atoms with Crippen molar-refractivity contribution in [3.8, 4) is 0 Å². The molecule has 30 heavy (non-hydrogen) atoms. The summed E-state index contributed by atoms with van der Waals surface area (Å²) in [6.45, 7) is 0.544. The van der Waals surface area contributed by atoms with Gasteiger partial charge in [0, 0.05) is 40.3 Å². The lowest BCUT2D eigenvalue weighted by Gasteiger charge is -2.23. The molecule has 0 saturated heterocycles. The summed E-state index contributed by atoms with van der Waals surface area (Å²) in [5, 5.41) is 9.74. The largest absolute Gasteiger partial charge is 0.359 e. The minimum atomic E-state index is -0.335. The average Bonchev–Trinajstić information content (AvgIpc) is 3.08. The van der Waals surface area contributed by atoms with E-state index in [1.807, 2.05) is 24.4 Å². The van der Waals surface area contributed by atoms with Crippen molar-refractivity contribution in [2.45, 2.75) is 44.7 Å². The molecular formula is C23H24ClFN4S. The average molecular weight is 443 g/mol. The van der Waals surface area contributed by atoms with Gasteiger partial charge in [-0.2, -0.15) is 5.10 Å². The molecule has 4 rings (SSSR count). The van der Waals surface area contributed by atoms with Crippen molar-refractivity contribution in [1.29, 1.82) is 0 Å². The molecule has 1 aliphatic carbocycles. The van der Waals surface area contributed by atoms with E-state index in [0.29, 0.717) is 22.7 Å². The first kappa shape index (κ1) is 20.8. The third-order valence-corrected chi connectivity index (χ3v) is 6.05. The van der Waals surface area contributed by atoms with Crippen LogP contribution in [0.15, 0.2) is 53.8 Å². The van der Waals surface area contributed by atoms with Crippen LogP contribution in [-0.2, 0) is 6.54 Å². The maximum atomic E-state index is 13.4. The number of halogens is 2. The Kier molecular flexibility index (Phi) is 6.65. The van der Waals surface area contributed by atoms with E-state index in [1.165, 1.54) is 31.4 Å². The molecule has 4 nitrogen and oxygen atoms in total. The zero-order valence-electron chi connectivity index (χ0n) is 16.6. The first-order valence-corrected chi connectivity index (χ1v) is 11.0. The number of rotatable bonds is 5. The second kappa shape index (κ2) is 9.58. The van der Waals surface area contributed by atoms with Crippen molar-refractivity contribution in [3.63, 3.8) is 0 Å². The molecule has 0 unspecified atom stereocenters. The Morgan fingerprint density at radius 1 is 1.20 bits per heavy atom. The summed E-state index contributed by atoms with van der Waals surface area (Å²) >= 11 is 11.6. The van der Waals surface area contributed by atoms with Crippen LogP contribution in [0.1, 0.15) is 43.2 Å². The van der Waals surface area contributed by atoms with E-state index in [2.05, 4.69) is 26.5 Å². The molecule has 1 saturated carbocycles. The van der Waals surface area contributed by atoms with E-state index in [1.54, 1.807) is 12.3 Å². The van der Waals surface area contributed by atoms with Gasteiger partial charge in [0.25, 0.3) is 0 Å². The van der Waals surface area contributed by atoms with E-state index in [9.17, 15) is 4.39 Å². The van der Waals surface area contributed by atoms with Crippen molar-refractivity contribution >= 4 is 46.0 Å². The van der Waals surface area contributed by atoms with Crippen LogP contribution in [-0.4, -0.2) is 21.9 Å². The van der Waals surface area contributed by atoms with Crippen molar-refractivity contribution in [2.24, 2.45) is 5.10 Å². The van der Waals surface area contributed by atoms with E-state index < -0.39 is 0 Å². The Labute approximate surface area is 186 Å². The quantitative estimate of drug-likeness (QED) is 0.306. The molecule has 0 aliphatic heterocycles. The summed E-state index contributed by atoms with van der Waals surface area (Å²) in [4.78, 5) is 0. The summed E-state index contributed by atoms with van der Waals surface area (Å²) in [6.07, 6.45) is 9.93. The van der Waals surface area contributed by atoms with Gasteiger partial charge in [-0.05, 0) is 48.8 Å². The molecule has 2 N–H and O–H groups in total. The maximum Gasteiger partial charge on any atom is 0.187 e. The fourth-order valence-corrected chi connectivity index (χ4v) is 4.41. The SMILES string of the molecule is Fc1ccc(Cn2cc(/C=N\NC(=S)NC3CCCCC3)c3ccccc32)c(Cl)c1. The van der Waals surface area contributed by atoms with Crippen LogP contribution < -0.4 is 10.7 Å². The minimum Gasteiger partial charge on any atom is -0.359 e. The molecule has 0 spiro atoms. The van der Waals surface area contributed by atoms with Gasteiger partial charge in [-0.3, -0.25) is 5.43 Å². The minimum absolute atomic E-state index is 0.335. The normalized spacial score (nSPS) is 15.0. The number of hydrogen-bond acceptors (Lipinski definition) is 2. The van der Waals surface area contributed by atoms with Crippen molar-refractivity contribution < 1.29 is 4.39 Å². The van der Waals surface area contributed by atoms with Gasteiger partial charge >= 0.3 is 0 Å². The predicted octanol–water partition coefficient (Wildman–Crippen LogP) is 5.61. The molecule has 1 heterocycles. The van der Waals surface area contributed by atoms with Gasteiger partial charge in [0.1, 0.15) is 5.82 Å². The van der Waals surface area contributed by atoms with Crippen molar-refractivity contribution in [3.05, 3.63) is 70.6 Å². The first-order chi connectivity index (χ1) is 14.6. The smallest absolute Gasteiger partial charge is 0.187 e. The van der Waals surface area contributed by atoms with Gasteiger partial charge < -0.3 is 9.88 Å². The number of benzene rings is 2. The molecule has 1 aromatic heterocycles. The summed E-state index contributed by atoms with van der Waals surface area (Å²) in [7, 11) is 0. The molecule has 1 aliphatic rings. The van der Waals surface area contributed by atoms with Gasteiger partial charge in [-0.15, -0.1) is 0 Å². The highest BCUT2D eigenvalue weighted by molar-refractivity contribution is 7.80. The molecule has 7 heteroatoms. The Bertz CT molecular complexity index is 1070. The number of hydrogen-bond donors (Lipinski definition) is 2. The van der Waals surface area contributed by atoms with Crippen LogP contribution in [0.25, 0.3) is 10.9 Å². The molecule has 156 valence electrons. The van der Waals surface area contributed by atoms with Crippen LogP contribution >= 0.6 is 23.8 Å². The summed E-state index contributed by atoms with van der Waals surface area (Å²) in [5.74, 6) is -0.335. The third-order valence-electron chi connectivity index (χ3n) is 5.49. The molecule has 0 atom stereocenters. The molecule has 2 aromatic carbocycles. The van der Waals surface area contributed by atoms with E-state index in [0.717, 1.165) is 34.9 Å². The molecular weight excluding hydrogens is 419 g/mol. The van der Waals surface area contributed by atoms with Gasteiger partial charge in [0.15, 0.2) is 5.11 Å². The van der Waals surface area contributed by atoms with E-state index >= 15 is 0 Å². The number of nitrogens with zero attached hydrogens (tertiary/aromatic N) is 2. The van der Waals surface area contributed by atoms with Crippen LogP contribution in [0.2, 0.25) is 5.02 Å². The number of para-hydroxylation sites is 1. The summed E-state index contributed by atoms with van der Waals surface area (Å²) in [6, 6.07) is 13.0. The second-order valence-corrected chi connectivity index (χ2v) is 8.46. The van der Waals surface area contributed by atoms with Gasteiger partial charge in [-0.1, -0.05) is 55.1 Å². The summed E-state index contributed by atoms with van der Waals surface area (Å²) < 4.78 is 15.5. The zero-order chi connectivity index (χ0) is 20.9. The number of fused-ring (bicyclic) bond motifs is 1. The van der Waals surface area contributed by atoms with Crippen molar-refractivity contribution in [2.75, 3.05) is 0 Å². The highest BCUT2D eigenvalue weighted by atomic mass is 35.5. The number of thiocarbonyl (C=S) groups is 1. The Balaban J connectivity index is 1.49. The Hall–Kier alpha value is -2.44. The number of hydrazone groups is 1. The lowest BCUT2D eigenvalue weighted by Crippen LogP contribution is -2.40. The fraction of sp³-hybridized carbons (Fsp3) is 0.304. The number of aromatic nitrogens is 1. The topological polar surface area (TPSA) is 41.4 Å². The van der Waals surface area contributed by atoms with Crippen LogP contribution in [0.5, 0.6) is 0 Å². The highest BCUT2D eigenvalue weighted by Crippen LogP contribution is 2.24. The molecule has 0 bridgehead atoms. The van der Waals surface area contributed by atoms with Gasteiger partial charge in [0.2, 0.25) is 0 Å². The maximum absolute atomic E-state index is 13.4. The lowest BCUT2D eigenvalue weighted by molar-refractivity contribution is 0.412. The zero-order valence-corrected chi connectivity index (χ0v) is 18.1. The van der Waals surface area contributed by atoms with Crippen LogP contribution in [0.4, 0.5) is 4.39 Å². The highest BCUT2D eigenvalue weighted by Gasteiger charge is 2.14. The third kappa shape index (κ3) is 4.99. The van der Waals surface area contributed by atoms with E-state index in [-0.39, 0.29) is 5.82 Å². The Morgan fingerprint density at radius 3 is 2.80 bits per heavy atom. The molecule has 3 aromatic rings. The monoisotopic (exact) mass is 442 g/mol. The number of nitrogens with one attached hydrogen (secondary N) is 2. The van der Waals surface area contributed by atoms with Crippen molar-refractivity contribution in [1.82, 2.24) is 15.3 Å². The Morgan fingerprint density at radius 2 is 2.00 bits per heavy atom. The van der Waals surface area contributed by atoms with E-state index in [4.69, 9.17) is 23.8 Å². The lowest BCUT2D eigenvalue weighted by atomic mass is 9.96.